The zero-order valence-electron chi connectivity index (χ0n) is 10.8. The lowest BCUT2D eigenvalue weighted by Gasteiger charge is -2.07. The van der Waals surface area contributed by atoms with Gasteiger partial charge in [0.1, 0.15) is 0 Å². The number of halogens is 1. The Morgan fingerprint density at radius 3 is 2.58 bits per heavy atom. The first-order valence-electron chi connectivity index (χ1n) is 6.25. The van der Waals surface area contributed by atoms with Crippen LogP contribution in [0.5, 0.6) is 0 Å². The molecule has 0 saturated carbocycles. The van der Waals surface area contributed by atoms with E-state index in [1.807, 2.05) is 49.4 Å². The molecule has 0 heterocycles. The highest BCUT2D eigenvalue weighted by molar-refractivity contribution is 6.31. The maximum Gasteiger partial charge on any atom is 0.224 e. The van der Waals surface area contributed by atoms with E-state index in [2.05, 4.69) is 5.32 Å². The first-order valence-corrected chi connectivity index (χ1v) is 6.63. The fourth-order valence-electron chi connectivity index (χ4n) is 1.80. The molecule has 0 aliphatic carbocycles. The Hall–Kier alpha value is -1.80. The van der Waals surface area contributed by atoms with Crippen LogP contribution in [0.1, 0.15) is 17.5 Å². The topological polar surface area (TPSA) is 29.1 Å². The summed E-state index contributed by atoms with van der Waals surface area (Å²) in [5, 5.41) is 3.52. The summed E-state index contributed by atoms with van der Waals surface area (Å²) < 4.78 is 0. The van der Waals surface area contributed by atoms with Crippen molar-refractivity contribution in [2.75, 3.05) is 5.32 Å². The molecule has 0 saturated heterocycles. The lowest BCUT2D eigenvalue weighted by molar-refractivity contribution is -0.116. The van der Waals surface area contributed by atoms with Crippen molar-refractivity contribution in [3.05, 3.63) is 64.7 Å². The van der Waals surface area contributed by atoms with Crippen molar-refractivity contribution in [2.45, 2.75) is 19.8 Å². The summed E-state index contributed by atoms with van der Waals surface area (Å²) in [6.45, 7) is 1.93. The van der Waals surface area contributed by atoms with E-state index < -0.39 is 0 Å². The molecular weight excluding hydrogens is 258 g/mol. The van der Waals surface area contributed by atoms with Gasteiger partial charge in [0.05, 0.1) is 0 Å². The van der Waals surface area contributed by atoms with Crippen molar-refractivity contribution >= 4 is 23.2 Å². The minimum absolute atomic E-state index is 0.00349. The molecule has 1 amide bonds. The summed E-state index contributed by atoms with van der Waals surface area (Å²) in [7, 11) is 0. The van der Waals surface area contributed by atoms with Crippen LogP contribution < -0.4 is 5.32 Å². The predicted octanol–water partition coefficient (Wildman–Crippen LogP) is 4.22. The third-order valence-electron chi connectivity index (χ3n) is 2.94. The Balaban J connectivity index is 1.89. The highest BCUT2D eigenvalue weighted by atomic mass is 35.5. The summed E-state index contributed by atoms with van der Waals surface area (Å²) >= 11 is 6.02. The molecule has 0 spiro atoms. The first kappa shape index (κ1) is 13.6. The van der Waals surface area contributed by atoms with E-state index in [4.69, 9.17) is 11.6 Å². The predicted molar refractivity (Wildman–Crippen MR) is 79.6 cm³/mol. The van der Waals surface area contributed by atoms with Gasteiger partial charge in [0.2, 0.25) is 5.91 Å². The van der Waals surface area contributed by atoms with Gasteiger partial charge in [0.15, 0.2) is 0 Å². The van der Waals surface area contributed by atoms with Crippen LogP contribution in [0, 0.1) is 6.92 Å². The van der Waals surface area contributed by atoms with Gasteiger partial charge in [0, 0.05) is 17.1 Å². The number of carbonyl (C=O) groups is 1. The fourth-order valence-corrected chi connectivity index (χ4v) is 1.98. The van der Waals surface area contributed by atoms with Gasteiger partial charge < -0.3 is 5.32 Å². The van der Waals surface area contributed by atoms with Crippen LogP contribution in [0.25, 0.3) is 0 Å². The monoisotopic (exact) mass is 273 g/mol. The molecule has 2 rings (SSSR count). The quantitative estimate of drug-likeness (QED) is 0.888. The van der Waals surface area contributed by atoms with Crippen molar-refractivity contribution < 1.29 is 4.79 Å². The van der Waals surface area contributed by atoms with Gasteiger partial charge in [-0.2, -0.15) is 0 Å². The zero-order valence-corrected chi connectivity index (χ0v) is 11.6. The van der Waals surface area contributed by atoms with E-state index >= 15 is 0 Å². The molecule has 0 aliphatic rings. The molecule has 2 nitrogen and oxygen atoms in total. The third kappa shape index (κ3) is 4.11. The summed E-state index contributed by atoms with van der Waals surface area (Å²) in [6.07, 6.45) is 1.21. The van der Waals surface area contributed by atoms with Gasteiger partial charge in [0.25, 0.3) is 0 Å². The number of anilines is 1. The molecule has 19 heavy (non-hydrogen) atoms. The Morgan fingerprint density at radius 1 is 1.16 bits per heavy atom. The second-order valence-electron chi connectivity index (χ2n) is 4.50. The van der Waals surface area contributed by atoms with Crippen LogP contribution in [0.2, 0.25) is 5.02 Å². The highest BCUT2D eigenvalue weighted by Gasteiger charge is 2.04. The summed E-state index contributed by atoms with van der Waals surface area (Å²) in [4.78, 5) is 11.8. The number of rotatable bonds is 4. The number of hydrogen-bond donors (Lipinski definition) is 1. The molecule has 0 unspecified atom stereocenters. The van der Waals surface area contributed by atoms with Gasteiger partial charge >= 0.3 is 0 Å². The second-order valence-corrected chi connectivity index (χ2v) is 4.90. The normalized spacial score (nSPS) is 10.2. The molecule has 1 N–H and O–H groups in total. The average molecular weight is 274 g/mol. The molecule has 0 aromatic heterocycles. The molecule has 0 aliphatic heterocycles. The highest BCUT2D eigenvalue weighted by Crippen LogP contribution is 2.20. The number of nitrogens with one attached hydrogen (secondary N) is 1. The Morgan fingerprint density at radius 2 is 1.89 bits per heavy atom. The van der Waals surface area contributed by atoms with Crippen molar-refractivity contribution in [1.82, 2.24) is 0 Å². The summed E-state index contributed by atoms with van der Waals surface area (Å²) in [6, 6.07) is 15.5. The molecule has 0 atom stereocenters. The SMILES string of the molecule is Cc1ccc(NC(=O)CCc2ccccc2)cc1Cl. The van der Waals surface area contributed by atoms with E-state index in [9.17, 15) is 4.79 Å². The lowest BCUT2D eigenvalue weighted by atomic mass is 10.1. The molecule has 2 aromatic carbocycles. The van der Waals surface area contributed by atoms with Crippen molar-refractivity contribution in [3.63, 3.8) is 0 Å². The Labute approximate surface area is 118 Å². The largest absolute Gasteiger partial charge is 0.326 e. The van der Waals surface area contributed by atoms with Crippen LogP contribution in [-0.4, -0.2) is 5.91 Å². The van der Waals surface area contributed by atoms with E-state index in [0.29, 0.717) is 11.4 Å². The van der Waals surface area contributed by atoms with Crippen molar-refractivity contribution in [2.24, 2.45) is 0 Å². The zero-order chi connectivity index (χ0) is 13.7. The molecule has 0 radical (unpaired) electrons. The number of carbonyl (C=O) groups excluding carboxylic acids is 1. The standard InChI is InChI=1S/C16H16ClNO/c1-12-7-9-14(11-15(12)17)18-16(19)10-8-13-5-3-2-4-6-13/h2-7,9,11H,8,10H2,1H3,(H,18,19). The van der Waals surface area contributed by atoms with E-state index in [1.54, 1.807) is 6.07 Å². The van der Waals surface area contributed by atoms with Crippen LogP contribution in [-0.2, 0) is 11.2 Å². The molecule has 0 fully saturated rings. The van der Waals surface area contributed by atoms with Crippen molar-refractivity contribution in [3.8, 4) is 0 Å². The van der Waals surface area contributed by atoms with Gasteiger partial charge in [-0.05, 0) is 36.6 Å². The lowest BCUT2D eigenvalue weighted by Crippen LogP contribution is -2.12. The number of hydrogen-bond acceptors (Lipinski definition) is 1. The molecular formula is C16H16ClNO. The number of aryl methyl sites for hydroxylation is 2. The molecule has 2 aromatic rings. The first-order chi connectivity index (χ1) is 9.15. The van der Waals surface area contributed by atoms with Gasteiger partial charge in [-0.3, -0.25) is 4.79 Å². The minimum atomic E-state index is 0.00349. The maximum absolute atomic E-state index is 11.8. The Bertz CT molecular complexity index is 566. The molecule has 98 valence electrons. The summed E-state index contributed by atoms with van der Waals surface area (Å²) in [5.74, 6) is 0.00349. The van der Waals surface area contributed by atoms with Crippen LogP contribution in [0.3, 0.4) is 0 Å². The van der Waals surface area contributed by atoms with Gasteiger partial charge in [-0.15, -0.1) is 0 Å². The number of benzene rings is 2. The molecule has 0 bridgehead atoms. The molecule has 3 heteroatoms. The third-order valence-corrected chi connectivity index (χ3v) is 3.35. The van der Waals surface area contributed by atoms with E-state index in [-0.39, 0.29) is 5.91 Å². The summed E-state index contributed by atoms with van der Waals surface area (Å²) in [5.41, 5.74) is 2.91. The maximum atomic E-state index is 11.8. The second kappa shape index (κ2) is 6.39. The number of amides is 1. The van der Waals surface area contributed by atoms with Crippen LogP contribution in [0.15, 0.2) is 48.5 Å². The van der Waals surface area contributed by atoms with Gasteiger partial charge in [-0.1, -0.05) is 48.0 Å². The minimum Gasteiger partial charge on any atom is -0.326 e. The average Bonchev–Trinajstić information content (AvgIpc) is 2.42. The van der Waals surface area contributed by atoms with Crippen molar-refractivity contribution in [1.29, 1.82) is 0 Å². The van der Waals surface area contributed by atoms with Crippen LogP contribution >= 0.6 is 11.6 Å². The Kier molecular flexibility index (Phi) is 4.58. The van der Waals surface area contributed by atoms with E-state index in [0.717, 1.165) is 17.7 Å². The fraction of sp³-hybridized carbons (Fsp3) is 0.188. The van der Waals surface area contributed by atoms with E-state index in [1.165, 1.54) is 5.56 Å². The smallest absolute Gasteiger partial charge is 0.224 e. The van der Waals surface area contributed by atoms with Gasteiger partial charge in [-0.25, -0.2) is 0 Å². The van der Waals surface area contributed by atoms with Crippen LogP contribution in [0.4, 0.5) is 5.69 Å².